The summed E-state index contributed by atoms with van der Waals surface area (Å²) < 4.78 is 1.51. The molecule has 2 aromatic rings. The molecule has 7 heteroatoms. The Morgan fingerprint density at radius 3 is 3.13 bits per heavy atom. The monoisotopic (exact) mass is 335 g/mol. The first-order valence-corrected chi connectivity index (χ1v) is 8.91. The third-order valence-electron chi connectivity index (χ3n) is 4.43. The minimum absolute atomic E-state index is 0.0560. The zero-order valence-corrected chi connectivity index (χ0v) is 13.8. The van der Waals surface area contributed by atoms with Crippen LogP contribution in [-0.2, 0) is 11.3 Å². The van der Waals surface area contributed by atoms with Crippen molar-refractivity contribution in [3.05, 3.63) is 28.1 Å². The summed E-state index contributed by atoms with van der Waals surface area (Å²) in [6.45, 7) is 1.20. The van der Waals surface area contributed by atoms with Crippen LogP contribution in [0.5, 0.6) is 0 Å². The first-order chi connectivity index (χ1) is 11.2. The lowest BCUT2D eigenvalue weighted by atomic mass is 9.99. The van der Waals surface area contributed by atoms with Gasteiger partial charge in [0.25, 0.3) is 5.56 Å². The predicted molar refractivity (Wildman–Crippen MR) is 89.6 cm³/mol. The van der Waals surface area contributed by atoms with E-state index in [2.05, 4.69) is 4.98 Å². The van der Waals surface area contributed by atoms with Crippen LogP contribution in [0.2, 0.25) is 0 Å². The molecule has 0 bridgehead atoms. The van der Waals surface area contributed by atoms with E-state index >= 15 is 0 Å². The average molecular weight is 335 g/mol. The maximum Gasteiger partial charge on any atom is 0.262 e. The molecule has 3 heterocycles. The second kappa shape index (κ2) is 7.23. The number of aliphatic hydroxyl groups excluding tert-OH is 1. The van der Waals surface area contributed by atoms with Crippen molar-refractivity contribution in [2.75, 3.05) is 13.2 Å². The highest BCUT2D eigenvalue weighted by molar-refractivity contribution is 7.16. The van der Waals surface area contributed by atoms with E-state index in [-0.39, 0.29) is 24.1 Å². The zero-order valence-electron chi connectivity index (χ0n) is 13.0. The number of hydrogen-bond acceptors (Lipinski definition) is 5. The molecule has 1 fully saturated rings. The molecule has 3 rings (SSSR count). The largest absolute Gasteiger partial charge is 0.396 e. The fourth-order valence-electron chi connectivity index (χ4n) is 3.19. The minimum atomic E-state index is -0.0883. The van der Waals surface area contributed by atoms with Gasteiger partial charge in [0.1, 0.15) is 4.83 Å². The van der Waals surface area contributed by atoms with Gasteiger partial charge < -0.3 is 10.0 Å². The van der Waals surface area contributed by atoms with Gasteiger partial charge in [-0.2, -0.15) is 0 Å². The van der Waals surface area contributed by atoms with E-state index in [1.807, 2.05) is 10.3 Å². The maximum absolute atomic E-state index is 12.5. The number of rotatable bonds is 5. The molecule has 1 amide bonds. The fraction of sp³-hybridized carbons (Fsp3) is 0.562. The molecule has 124 valence electrons. The Kier molecular flexibility index (Phi) is 5.07. The summed E-state index contributed by atoms with van der Waals surface area (Å²) in [6, 6.07) is 1.91. The molecule has 1 unspecified atom stereocenters. The number of hydrogen-bond donors (Lipinski definition) is 1. The van der Waals surface area contributed by atoms with Crippen LogP contribution in [0.1, 0.15) is 32.1 Å². The summed E-state index contributed by atoms with van der Waals surface area (Å²) in [7, 11) is 0. The highest BCUT2D eigenvalue weighted by Crippen LogP contribution is 2.20. The first kappa shape index (κ1) is 16.1. The van der Waals surface area contributed by atoms with Gasteiger partial charge in [-0.15, -0.1) is 11.3 Å². The van der Waals surface area contributed by atoms with Gasteiger partial charge in [0.2, 0.25) is 5.91 Å². The second-order valence-corrected chi connectivity index (χ2v) is 6.78. The van der Waals surface area contributed by atoms with E-state index in [0.717, 1.165) is 30.6 Å². The summed E-state index contributed by atoms with van der Waals surface area (Å²) in [6.07, 6.45) is 5.51. The molecule has 1 N–H and O–H groups in total. The van der Waals surface area contributed by atoms with Crippen LogP contribution in [-0.4, -0.2) is 44.7 Å². The van der Waals surface area contributed by atoms with Crippen molar-refractivity contribution in [2.45, 2.75) is 44.7 Å². The molecule has 2 aromatic heterocycles. The number of nitrogens with zero attached hydrogens (tertiary/aromatic N) is 3. The Bertz CT molecular complexity index is 737. The molecule has 0 aliphatic carbocycles. The number of carbonyl (C=O) groups excluding carboxylic acids is 1. The molecule has 1 saturated heterocycles. The highest BCUT2D eigenvalue weighted by Gasteiger charge is 2.25. The van der Waals surface area contributed by atoms with E-state index in [9.17, 15) is 9.59 Å². The minimum Gasteiger partial charge on any atom is -0.396 e. The molecule has 0 radical (unpaired) electrons. The summed E-state index contributed by atoms with van der Waals surface area (Å²) in [5.74, 6) is 0.0560. The van der Waals surface area contributed by atoms with E-state index in [4.69, 9.17) is 5.11 Å². The smallest absolute Gasteiger partial charge is 0.262 e. The summed E-state index contributed by atoms with van der Waals surface area (Å²) in [5.41, 5.74) is -0.0883. The number of aryl methyl sites for hydroxylation is 1. The van der Waals surface area contributed by atoms with Crippen molar-refractivity contribution in [2.24, 2.45) is 0 Å². The third kappa shape index (κ3) is 3.45. The van der Waals surface area contributed by atoms with Crippen LogP contribution < -0.4 is 5.56 Å². The van der Waals surface area contributed by atoms with Gasteiger partial charge in [0.15, 0.2) is 0 Å². The summed E-state index contributed by atoms with van der Waals surface area (Å²) >= 11 is 1.44. The Labute approximate surface area is 138 Å². The Morgan fingerprint density at radius 1 is 1.43 bits per heavy atom. The van der Waals surface area contributed by atoms with Crippen molar-refractivity contribution in [3.63, 3.8) is 0 Å². The SMILES string of the molecule is O=C(CCn1cnc2sccc2c1=O)N1CCCCC1CCO. The molecular formula is C16H21N3O3S. The summed E-state index contributed by atoms with van der Waals surface area (Å²) in [5, 5.41) is 11.6. The van der Waals surface area contributed by atoms with Crippen LogP contribution in [0.4, 0.5) is 0 Å². The van der Waals surface area contributed by atoms with Crippen molar-refractivity contribution >= 4 is 27.5 Å². The van der Waals surface area contributed by atoms with E-state index in [0.29, 0.717) is 24.8 Å². The zero-order chi connectivity index (χ0) is 16.2. The van der Waals surface area contributed by atoms with Crippen LogP contribution in [0, 0.1) is 0 Å². The number of thiophene rings is 1. The number of likely N-dealkylation sites (tertiary alicyclic amines) is 1. The normalized spacial score (nSPS) is 18.5. The number of aromatic nitrogens is 2. The number of fused-ring (bicyclic) bond motifs is 1. The van der Waals surface area contributed by atoms with Crippen LogP contribution in [0.15, 0.2) is 22.6 Å². The van der Waals surface area contributed by atoms with Gasteiger partial charge >= 0.3 is 0 Å². The van der Waals surface area contributed by atoms with E-state index in [1.165, 1.54) is 22.2 Å². The molecule has 0 spiro atoms. The average Bonchev–Trinajstić information content (AvgIpc) is 3.04. The Morgan fingerprint density at radius 2 is 2.30 bits per heavy atom. The first-order valence-electron chi connectivity index (χ1n) is 8.03. The third-order valence-corrected chi connectivity index (χ3v) is 5.25. The molecule has 0 aromatic carbocycles. The molecule has 6 nitrogen and oxygen atoms in total. The predicted octanol–water partition coefficient (Wildman–Crippen LogP) is 1.61. The number of aliphatic hydroxyl groups is 1. The lowest BCUT2D eigenvalue weighted by Crippen LogP contribution is -2.44. The number of piperidine rings is 1. The second-order valence-electron chi connectivity index (χ2n) is 5.88. The lowest BCUT2D eigenvalue weighted by Gasteiger charge is -2.35. The summed E-state index contributed by atoms with van der Waals surface area (Å²) in [4.78, 5) is 31.7. The van der Waals surface area contributed by atoms with Crippen LogP contribution >= 0.6 is 11.3 Å². The van der Waals surface area contributed by atoms with Gasteiger partial charge in [0.05, 0.1) is 11.7 Å². The van der Waals surface area contributed by atoms with Crippen molar-refractivity contribution in [3.8, 4) is 0 Å². The van der Waals surface area contributed by atoms with Crippen molar-refractivity contribution in [1.82, 2.24) is 14.5 Å². The van der Waals surface area contributed by atoms with E-state index in [1.54, 1.807) is 6.07 Å². The van der Waals surface area contributed by atoms with Gasteiger partial charge in [-0.05, 0) is 37.1 Å². The standard InChI is InChI=1S/C16H21N3O3S/c20-9-5-12-3-1-2-7-19(12)14(21)4-8-18-11-17-15-13(16(18)22)6-10-23-15/h6,10-12,20H,1-5,7-9H2. The Hall–Kier alpha value is -1.73. The van der Waals surface area contributed by atoms with Crippen LogP contribution in [0.25, 0.3) is 10.2 Å². The number of amides is 1. The van der Waals surface area contributed by atoms with Gasteiger partial charge in [0, 0.05) is 32.2 Å². The topological polar surface area (TPSA) is 75.4 Å². The quantitative estimate of drug-likeness (QED) is 0.901. The van der Waals surface area contributed by atoms with E-state index < -0.39 is 0 Å². The molecule has 23 heavy (non-hydrogen) atoms. The lowest BCUT2D eigenvalue weighted by molar-refractivity contribution is -0.135. The number of carbonyl (C=O) groups is 1. The molecular weight excluding hydrogens is 314 g/mol. The fourth-order valence-corrected chi connectivity index (χ4v) is 3.91. The Balaban J connectivity index is 1.67. The highest BCUT2D eigenvalue weighted by atomic mass is 32.1. The van der Waals surface area contributed by atoms with Crippen LogP contribution in [0.3, 0.4) is 0 Å². The molecule has 1 aliphatic rings. The van der Waals surface area contributed by atoms with Crippen molar-refractivity contribution < 1.29 is 9.90 Å². The van der Waals surface area contributed by atoms with Gasteiger partial charge in [-0.3, -0.25) is 14.2 Å². The van der Waals surface area contributed by atoms with Gasteiger partial charge in [-0.1, -0.05) is 0 Å². The molecule has 1 atom stereocenters. The van der Waals surface area contributed by atoms with Gasteiger partial charge in [-0.25, -0.2) is 4.98 Å². The van der Waals surface area contributed by atoms with Crippen molar-refractivity contribution in [1.29, 1.82) is 0 Å². The molecule has 1 aliphatic heterocycles. The molecule has 0 saturated carbocycles. The maximum atomic E-state index is 12.5.